The Morgan fingerprint density at radius 2 is 2.19 bits per heavy atom. The zero-order valence-electron chi connectivity index (χ0n) is 18.1. The summed E-state index contributed by atoms with van der Waals surface area (Å²) < 4.78 is 0. The highest BCUT2D eigenvalue weighted by Crippen LogP contribution is 2.45. The number of rotatable bonds is 8. The molecule has 0 aromatic carbocycles. The number of thiocarbonyl (C=S) groups is 1. The molecule has 2 atom stereocenters. The van der Waals surface area contributed by atoms with Gasteiger partial charge in [-0.2, -0.15) is 0 Å². The number of anilines is 1. The molecule has 1 saturated heterocycles. The van der Waals surface area contributed by atoms with E-state index in [1.165, 1.54) is 28.9 Å². The van der Waals surface area contributed by atoms with Crippen LogP contribution in [-0.2, 0) is 20.9 Å². The summed E-state index contributed by atoms with van der Waals surface area (Å²) >= 11 is 8.36. The molecule has 4 rings (SSSR count). The number of pyridine rings is 1. The maximum Gasteiger partial charge on any atom is 0.353 e. The van der Waals surface area contributed by atoms with E-state index >= 15 is 0 Å². The number of carboxylic acids is 1. The Morgan fingerprint density at radius 1 is 1.42 bits per heavy atom. The molecular formula is C19H18N8O5S4. The van der Waals surface area contributed by atoms with E-state index in [2.05, 4.69) is 25.8 Å². The molecule has 36 heavy (non-hydrogen) atoms. The first-order valence-electron chi connectivity index (χ1n) is 10.0. The molecule has 0 spiro atoms. The van der Waals surface area contributed by atoms with Crippen LogP contribution in [0.4, 0.5) is 5.13 Å². The zero-order chi connectivity index (χ0) is 26.0. The first-order chi connectivity index (χ1) is 17.2. The maximum atomic E-state index is 12.9. The predicted octanol–water partition coefficient (Wildman–Crippen LogP) is 0.120. The van der Waals surface area contributed by atoms with Crippen molar-refractivity contribution in [2.24, 2.45) is 10.9 Å². The van der Waals surface area contributed by atoms with E-state index in [9.17, 15) is 24.7 Å². The van der Waals surface area contributed by atoms with Crippen LogP contribution in [-0.4, -0.2) is 71.0 Å². The monoisotopic (exact) mass is 566 g/mol. The zero-order valence-corrected chi connectivity index (χ0v) is 21.3. The Bertz CT molecular complexity index is 1310. The number of fused-ring (bicyclic) bond motifs is 1. The number of nitrogens with two attached hydrogens (primary N) is 2. The van der Waals surface area contributed by atoms with Gasteiger partial charge >= 0.3 is 5.97 Å². The number of amides is 2. The molecule has 0 radical (unpaired) electrons. The van der Waals surface area contributed by atoms with E-state index < -0.39 is 34.9 Å². The molecule has 17 heteroatoms. The van der Waals surface area contributed by atoms with Crippen LogP contribution in [0.25, 0.3) is 0 Å². The van der Waals surface area contributed by atoms with Crippen molar-refractivity contribution >= 4 is 80.8 Å². The van der Waals surface area contributed by atoms with Gasteiger partial charge in [0.05, 0.1) is 12.2 Å². The Balaban J connectivity index is 1.50. The van der Waals surface area contributed by atoms with Gasteiger partial charge in [0.2, 0.25) is 0 Å². The summed E-state index contributed by atoms with van der Waals surface area (Å²) in [7, 11) is 0. The minimum atomic E-state index is -1.26. The van der Waals surface area contributed by atoms with Crippen LogP contribution in [0.1, 0.15) is 11.4 Å². The molecule has 0 unspecified atom stereocenters. The Hall–Kier alpha value is -3.41. The molecular weight excluding hydrogens is 549 g/mol. The summed E-state index contributed by atoms with van der Waals surface area (Å²) in [5.74, 6) is -2.40. The molecule has 2 aromatic heterocycles. The number of carboxylic acid groups (broad SMARTS) is 1. The molecule has 8 N–H and O–H groups in total. The highest BCUT2D eigenvalue weighted by Gasteiger charge is 2.54. The van der Waals surface area contributed by atoms with E-state index in [1.54, 1.807) is 18.3 Å². The summed E-state index contributed by atoms with van der Waals surface area (Å²) in [6.45, 7) is 0.310. The number of β-lactam (4-membered cyclic amide) rings is 1. The molecule has 0 bridgehead atoms. The fourth-order valence-electron chi connectivity index (χ4n) is 3.42. The van der Waals surface area contributed by atoms with E-state index in [0.29, 0.717) is 22.9 Å². The standard InChI is InChI=1S/C19H18N8O5S4/c20-18(33)23-4-7-3-8(1-2-22-7)36-10-6-34-16-12(15(29)27(16)13(10)17(30)31)25-14(28)11(26-32)9-5-35-19(21)24-9/h1-3,5,12,16,32H,4,6H2,(H2,21,24)(H,25,28)(H,30,31)(H3,20,23,33)/b26-11-/t12-,16-/m1/s1. The lowest BCUT2D eigenvalue weighted by Crippen LogP contribution is -2.71. The molecule has 13 nitrogen and oxygen atoms in total. The third-order valence-corrected chi connectivity index (χ3v) is 8.33. The van der Waals surface area contributed by atoms with Gasteiger partial charge in [0, 0.05) is 27.1 Å². The van der Waals surface area contributed by atoms with Gasteiger partial charge in [-0.3, -0.25) is 19.5 Å². The molecule has 4 heterocycles. The molecule has 0 saturated carbocycles. The smallest absolute Gasteiger partial charge is 0.353 e. The number of carbonyl (C=O) groups is 3. The molecule has 0 aliphatic carbocycles. The number of nitrogens with zero attached hydrogens (tertiary/aromatic N) is 4. The quantitative estimate of drug-likeness (QED) is 0.0825. The number of carbonyl (C=O) groups excluding carboxylic acids is 2. The number of thiazole rings is 1. The van der Waals surface area contributed by atoms with Crippen molar-refractivity contribution in [2.45, 2.75) is 22.9 Å². The van der Waals surface area contributed by atoms with E-state index in [1.807, 2.05) is 0 Å². The Morgan fingerprint density at radius 3 is 2.83 bits per heavy atom. The van der Waals surface area contributed by atoms with E-state index in [0.717, 1.165) is 21.1 Å². The van der Waals surface area contributed by atoms with Crippen molar-refractivity contribution in [1.29, 1.82) is 0 Å². The van der Waals surface area contributed by atoms with E-state index in [4.69, 9.17) is 23.7 Å². The highest BCUT2D eigenvalue weighted by atomic mass is 32.2. The van der Waals surface area contributed by atoms with Crippen LogP contribution < -0.4 is 22.1 Å². The van der Waals surface area contributed by atoms with Crippen LogP contribution >= 0.6 is 47.1 Å². The van der Waals surface area contributed by atoms with Gasteiger partial charge in [0.15, 0.2) is 16.0 Å². The second-order valence-corrected chi connectivity index (χ2v) is 10.9. The lowest BCUT2D eigenvalue weighted by atomic mass is 10.0. The van der Waals surface area contributed by atoms with Crippen molar-refractivity contribution in [2.75, 3.05) is 11.5 Å². The number of aliphatic carboxylic acids is 1. The van der Waals surface area contributed by atoms with Crippen molar-refractivity contribution in [3.8, 4) is 0 Å². The number of hydrogen-bond donors (Lipinski definition) is 6. The van der Waals surface area contributed by atoms with Crippen molar-refractivity contribution in [3.05, 3.63) is 45.7 Å². The number of thioether (sulfide) groups is 2. The number of oxime groups is 1. The van der Waals surface area contributed by atoms with Gasteiger partial charge in [-0.15, -0.1) is 23.1 Å². The first kappa shape index (κ1) is 25.7. The molecule has 2 aromatic rings. The SMILES string of the molecule is NC(=S)NCc1cc(SC2=C(C(=O)O)N3C(=O)[C@@H](NC(=O)/C(=N\O)c4csc(N)n4)[C@H]3SC2)ccn1. The molecule has 1 fully saturated rings. The van der Waals surface area contributed by atoms with Gasteiger partial charge in [-0.1, -0.05) is 16.9 Å². The van der Waals surface area contributed by atoms with Gasteiger partial charge in [0.25, 0.3) is 11.8 Å². The van der Waals surface area contributed by atoms with Crippen molar-refractivity contribution in [1.82, 2.24) is 25.5 Å². The largest absolute Gasteiger partial charge is 0.477 e. The van der Waals surface area contributed by atoms with Crippen LogP contribution in [0.3, 0.4) is 0 Å². The fraction of sp³-hybridized carbons (Fsp3) is 0.211. The molecule has 2 aliphatic heterocycles. The molecule has 2 aliphatic rings. The summed E-state index contributed by atoms with van der Waals surface area (Å²) in [5, 5.41) is 28.5. The van der Waals surface area contributed by atoms with Crippen LogP contribution in [0.2, 0.25) is 0 Å². The van der Waals surface area contributed by atoms with Gasteiger partial charge in [-0.25, -0.2) is 9.78 Å². The number of aromatic nitrogens is 2. The maximum absolute atomic E-state index is 12.9. The van der Waals surface area contributed by atoms with Gasteiger partial charge in [0.1, 0.15) is 22.8 Å². The van der Waals surface area contributed by atoms with Crippen LogP contribution in [0.15, 0.2) is 44.4 Å². The van der Waals surface area contributed by atoms with Crippen LogP contribution in [0.5, 0.6) is 0 Å². The average molecular weight is 567 g/mol. The second kappa shape index (κ2) is 10.7. The number of nitrogens with one attached hydrogen (secondary N) is 2. The Labute approximate surface area is 221 Å². The first-order valence-corrected chi connectivity index (χ1v) is 13.2. The van der Waals surface area contributed by atoms with Gasteiger partial charge < -0.3 is 32.4 Å². The number of hydrogen-bond acceptors (Lipinski definition) is 12. The summed E-state index contributed by atoms with van der Waals surface area (Å²) in [6.07, 6.45) is 1.58. The number of nitrogen functional groups attached to an aromatic ring is 1. The predicted molar refractivity (Wildman–Crippen MR) is 138 cm³/mol. The molecule has 2 amide bonds. The lowest BCUT2D eigenvalue weighted by molar-refractivity contribution is -0.150. The summed E-state index contributed by atoms with van der Waals surface area (Å²) in [6, 6.07) is 2.48. The third kappa shape index (κ3) is 5.23. The third-order valence-electron chi connectivity index (χ3n) is 4.97. The van der Waals surface area contributed by atoms with Gasteiger partial charge in [-0.05, 0) is 24.4 Å². The van der Waals surface area contributed by atoms with Crippen molar-refractivity contribution in [3.63, 3.8) is 0 Å². The Kier molecular flexibility index (Phi) is 7.62. The highest BCUT2D eigenvalue weighted by molar-refractivity contribution is 8.06. The normalized spacial score (nSPS) is 19.4. The minimum absolute atomic E-state index is 0.0578. The van der Waals surface area contributed by atoms with Crippen LogP contribution in [0, 0.1) is 0 Å². The lowest BCUT2D eigenvalue weighted by Gasteiger charge is -2.49. The second-order valence-electron chi connectivity index (χ2n) is 7.26. The van der Waals surface area contributed by atoms with Crippen molar-refractivity contribution < 1.29 is 24.7 Å². The summed E-state index contributed by atoms with van der Waals surface area (Å²) in [4.78, 5) is 48.1. The molecule has 188 valence electrons. The topological polar surface area (TPSA) is 209 Å². The minimum Gasteiger partial charge on any atom is -0.477 e. The summed E-state index contributed by atoms with van der Waals surface area (Å²) in [5.41, 5.74) is 11.2. The fourth-order valence-corrected chi connectivity index (χ4v) is 6.57. The average Bonchev–Trinajstić information content (AvgIpc) is 3.27. The van der Waals surface area contributed by atoms with E-state index in [-0.39, 0.29) is 21.6 Å².